The maximum absolute atomic E-state index is 13.3. The first-order valence-electron chi connectivity index (χ1n) is 13.0. The minimum Gasteiger partial charge on any atom is -0.473 e. The Morgan fingerprint density at radius 3 is 2.43 bits per heavy atom. The number of thiazole rings is 1. The first-order valence-corrected chi connectivity index (χ1v) is 13.9. The molecule has 1 unspecified atom stereocenters. The normalized spacial score (nSPS) is 33.0. The van der Waals surface area contributed by atoms with E-state index in [1.54, 1.807) is 27.9 Å². The van der Waals surface area contributed by atoms with Gasteiger partial charge in [-0.2, -0.15) is 0 Å². The Kier molecular flexibility index (Phi) is 10.7. The minimum absolute atomic E-state index is 0.115. The quantitative estimate of drug-likeness (QED) is 0.391. The van der Waals surface area contributed by atoms with E-state index in [1.165, 1.54) is 11.3 Å². The predicted molar refractivity (Wildman–Crippen MR) is 147 cm³/mol. The van der Waals surface area contributed by atoms with E-state index < -0.39 is 35.6 Å². The fourth-order valence-electron chi connectivity index (χ4n) is 4.60. The first-order chi connectivity index (χ1) is 17.1. The zero-order valence-corrected chi connectivity index (χ0v) is 24.6. The van der Waals surface area contributed by atoms with Crippen molar-refractivity contribution in [1.29, 1.82) is 0 Å². The summed E-state index contributed by atoms with van der Waals surface area (Å²) in [7, 11) is 1.57. The molecule has 0 fully saturated rings. The SMILES string of the molecule is COc1nc(/C=C(\C)[C@@H]2CC(C)C(C)(C)C/C=C/[C@H](C)[C@H](O)[C@@H](C)C(=O)C(C)(C)[C@@H](O)CC(=O)O2)cs1. The van der Waals surface area contributed by atoms with Gasteiger partial charge >= 0.3 is 5.97 Å². The second-order valence-electron chi connectivity index (χ2n) is 11.8. The van der Waals surface area contributed by atoms with E-state index in [1.807, 2.05) is 31.4 Å². The molecule has 8 heteroatoms. The Morgan fingerprint density at radius 1 is 1.19 bits per heavy atom. The number of hydrogen-bond donors (Lipinski definition) is 2. The summed E-state index contributed by atoms with van der Waals surface area (Å²) in [6.07, 6.45) is 4.31. The van der Waals surface area contributed by atoms with Gasteiger partial charge in [-0.15, -0.1) is 0 Å². The van der Waals surface area contributed by atoms with Gasteiger partial charge in [-0.05, 0) is 42.7 Å². The van der Waals surface area contributed by atoms with Crippen LogP contribution in [0.1, 0.15) is 80.3 Å². The van der Waals surface area contributed by atoms with Gasteiger partial charge < -0.3 is 19.7 Å². The number of esters is 1. The van der Waals surface area contributed by atoms with Gasteiger partial charge in [0.25, 0.3) is 5.19 Å². The summed E-state index contributed by atoms with van der Waals surface area (Å²) in [4.78, 5) is 30.7. The number of aliphatic hydroxyl groups is 2. The van der Waals surface area contributed by atoms with Crippen LogP contribution in [-0.2, 0) is 14.3 Å². The maximum atomic E-state index is 13.3. The largest absolute Gasteiger partial charge is 0.473 e. The fourth-order valence-corrected chi connectivity index (χ4v) is 5.20. The van der Waals surface area contributed by atoms with E-state index in [4.69, 9.17) is 9.47 Å². The molecule has 7 nitrogen and oxygen atoms in total. The average molecular weight is 536 g/mol. The fraction of sp³-hybridized carbons (Fsp3) is 0.690. The van der Waals surface area contributed by atoms with Crippen molar-refractivity contribution in [3.63, 3.8) is 0 Å². The highest BCUT2D eigenvalue weighted by Gasteiger charge is 2.42. The lowest BCUT2D eigenvalue weighted by atomic mass is 9.72. The second-order valence-corrected chi connectivity index (χ2v) is 12.6. The van der Waals surface area contributed by atoms with Crippen molar-refractivity contribution in [3.05, 3.63) is 28.8 Å². The zero-order valence-electron chi connectivity index (χ0n) is 23.8. The van der Waals surface area contributed by atoms with Crippen molar-refractivity contribution in [2.75, 3.05) is 7.11 Å². The number of carbonyl (C=O) groups is 2. The lowest BCUT2D eigenvalue weighted by molar-refractivity contribution is -0.155. The Morgan fingerprint density at radius 2 is 1.84 bits per heavy atom. The predicted octanol–water partition coefficient (Wildman–Crippen LogP) is 5.46. The maximum Gasteiger partial charge on any atom is 0.309 e. The Hall–Kier alpha value is -2.03. The van der Waals surface area contributed by atoms with Crippen LogP contribution in [0.2, 0.25) is 0 Å². The van der Waals surface area contributed by atoms with Gasteiger partial charge in [0.1, 0.15) is 11.9 Å². The van der Waals surface area contributed by atoms with Gasteiger partial charge in [0, 0.05) is 17.2 Å². The number of aliphatic hydroxyl groups excluding tert-OH is 2. The Labute approximate surface area is 226 Å². The van der Waals surface area contributed by atoms with E-state index in [0.717, 1.165) is 17.7 Å². The number of Topliss-reactive ketones (excluding diaryl/α,β-unsaturated/α-hetero) is 1. The molecule has 0 aromatic carbocycles. The van der Waals surface area contributed by atoms with Gasteiger partial charge in [0.2, 0.25) is 0 Å². The standard InChI is InChI=1S/C29H45NO6S/c1-17-11-10-12-28(5,6)19(3)14-22(18(2)13-21-16-37-27(30-21)35-9)36-24(32)15-23(31)29(7,8)26(34)20(4)25(17)33/h10-11,13,16-17,19-20,22-23,25,31,33H,12,14-15H2,1-9H3/b11-10+,18-13+/t17-,19?,20+,22-,23-,25-/m0/s1. The monoisotopic (exact) mass is 535 g/mol. The lowest BCUT2D eigenvalue weighted by Crippen LogP contribution is -2.45. The number of carbonyl (C=O) groups excluding carboxylic acids is 2. The number of methoxy groups -OCH3 is 1. The smallest absolute Gasteiger partial charge is 0.309 e. The van der Waals surface area contributed by atoms with Crippen LogP contribution in [0.5, 0.6) is 5.19 Å². The highest BCUT2D eigenvalue weighted by Crippen LogP contribution is 2.37. The van der Waals surface area contributed by atoms with Gasteiger partial charge in [0.15, 0.2) is 0 Å². The zero-order chi connectivity index (χ0) is 28.1. The molecular formula is C29H45NO6S. The molecule has 0 aliphatic carbocycles. The lowest BCUT2D eigenvalue weighted by Gasteiger charge is -2.36. The molecule has 0 spiro atoms. The molecule has 0 saturated carbocycles. The number of nitrogens with zero attached hydrogens (tertiary/aromatic N) is 1. The molecule has 6 atom stereocenters. The number of ether oxygens (including phenoxy) is 2. The number of allylic oxidation sites excluding steroid dienone is 1. The summed E-state index contributed by atoms with van der Waals surface area (Å²) in [6.45, 7) is 15.2. The van der Waals surface area contributed by atoms with E-state index in [0.29, 0.717) is 11.6 Å². The molecule has 2 rings (SSSR count). The third-order valence-corrected chi connectivity index (χ3v) is 8.93. The topological polar surface area (TPSA) is 106 Å². The van der Waals surface area contributed by atoms with Crippen LogP contribution in [0.4, 0.5) is 0 Å². The van der Waals surface area contributed by atoms with Crippen LogP contribution in [0.25, 0.3) is 6.08 Å². The van der Waals surface area contributed by atoms with E-state index >= 15 is 0 Å². The van der Waals surface area contributed by atoms with Crippen molar-refractivity contribution in [3.8, 4) is 5.19 Å². The van der Waals surface area contributed by atoms with E-state index in [2.05, 4.69) is 31.8 Å². The van der Waals surface area contributed by atoms with Crippen LogP contribution in [-0.4, -0.2) is 52.4 Å². The van der Waals surface area contributed by atoms with E-state index in [9.17, 15) is 19.8 Å². The Bertz CT molecular complexity index is 994. The summed E-state index contributed by atoms with van der Waals surface area (Å²) in [5, 5.41) is 24.2. The first kappa shape index (κ1) is 31.2. The number of aromatic nitrogens is 1. The van der Waals surface area contributed by atoms with Crippen LogP contribution >= 0.6 is 11.3 Å². The molecule has 1 aromatic heterocycles. The average Bonchev–Trinajstić information content (AvgIpc) is 3.28. The summed E-state index contributed by atoms with van der Waals surface area (Å²) < 4.78 is 11.1. The third kappa shape index (κ3) is 7.98. The molecule has 2 heterocycles. The van der Waals surface area contributed by atoms with Crippen molar-refractivity contribution >= 4 is 29.2 Å². The number of ketones is 1. The number of rotatable bonds is 3. The van der Waals surface area contributed by atoms with Crippen LogP contribution < -0.4 is 4.74 Å². The molecule has 0 amide bonds. The molecule has 0 bridgehead atoms. The summed E-state index contributed by atoms with van der Waals surface area (Å²) in [5.41, 5.74) is 0.226. The second kappa shape index (κ2) is 12.7. The summed E-state index contributed by atoms with van der Waals surface area (Å²) in [6, 6.07) is 0. The van der Waals surface area contributed by atoms with Crippen LogP contribution in [0.3, 0.4) is 0 Å². The number of hydrogen-bond acceptors (Lipinski definition) is 8. The molecular weight excluding hydrogens is 490 g/mol. The van der Waals surface area contributed by atoms with Crippen molar-refractivity contribution in [2.24, 2.45) is 28.6 Å². The summed E-state index contributed by atoms with van der Waals surface area (Å²) >= 11 is 1.39. The Balaban J connectivity index is 2.44. The van der Waals surface area contributed by atoms with Gasteiger partial charge in [-0.25, -0.2) is 4.98 Å². The van der Waals surface area contributed by atoms with Crippen LogP contribution in [0, 0.1) is 28.6 Å². The van der Waals surface area contributed by atoms with Gasteiger partial charge in [0.05, 0.1) is 36.8 Å². The third-order valence-electron chi connectivity index (χ3n) is 8.11. The van der Waals surface area contributed by atoms with Crippen molar-refractivity contribution in [1.82, 2.24) is 4.98 Å². The molecule has 2 N–H and O–H groups in total. The van der Waals surface area contributed by atoms with Crippen molar-refractivity contribution < 1.29 is 29.3 Å². The van der Waals surface area contributed by atoms with Gasteiger partial charge in [-0.1, -0.05) is 72.0 Å². The van der Waals surface area contributed by atoms with Gasteiger partial charge in [-0.3, -0.25) is 9.59 Å². The van der Waals surface area contributed by atoms with E-state index in [-0.39, 0.29) is 29.5 Å². The van der Waals surface area contributed by atoms with Crippen molar-refractivity contribution in [2.45, 2.75) is 93.0 Å². The highest BCUT2D eigenvalue weighted by atomic mass is 32.1. The molecule has 1 aliphatic heterocycles. The molecule has 1 aliphatic rings. The molecule has 0 radical (unpaired) electrons. The molecule has 0 saturated heterocycles. The summed E-state index contributed by atoms with van der Waals surface area (Å²) in [5.74, 6) is -1.61. The molecule has 37 heavy (non-hydrogen) atoms. The van der Waals surface area contributed by atoms with Crippen LogP contribution in [0.15, 0.2) is 23.1 Å². The molecule has 208 valence electrons. The highest BCUT2D eigenvalue weighted by molar-refractivity contribution is 7.11. The number of cyclic esters (lactones) is 1. The molecule has 1 aromatic rings. The minimum atomic E-state index is -1.25.